The second-order valence-electron chi connectivity index (χ2n) is 4.16. The Hall–Kier alpha value is -2.57. The number of hydrogen-bond acceptors (Lipinski definition) is 4. The largest absolute Gasteiger partial charge is 0.478 e. The average Bonchev–Trinajstić information content (AvgIpc) is 2.97. The molecule has 100 valence electrons. The van der Waals surface area contributed by atoms with Gasteiger partial charge in [0.25, 0.3) is 5.91 Å². The number of rotatable bonds is 4. The summed E-state index contributed by atoms with van der Waals surface area (Å²) in [5, 5.41) is 13.0. The highest BCUT2D eigenvalue weighted by molar-refractivity contribution is 5.91. The highest BCUT2D eigenvalue weighted by Crippen LogP contribution is 2.12. The number of aromatic carboxylic acids is 1. The zero-order valence-corrected chi connectivity index (χ0v) is 10.5. The molecule has 2 heterocycles. The normalized spacial score (nSPS) is 10.4. The van der Waals surface area contributed by atoms with Crippen LogP contribution in [-0.2, 0) is 6.54 Å². The van der Waals surface area contributed by atoms with Crippen molar-refractivity contribution in [3.63, 3.8) is 0 Å². The lowest BCUT2D eigenvalue weighted by Gasteiger charge is -2.06. The number of hydrogen-bond donors (Lipinski definition) is 1. The number of carbonyl (C=O) groups is 2. The molecule has 2 aromatic heterocycles. The molecule has 0 bridgehead atoms. The Balaban J connectivity index is 2.18. The van der Waals surface area contributed by atoms with E-state index >= 15 is 0 Å². The van der Waals surface area contributed by atoms with Crippen LogP contribution in [0.3, 0.4) is 0 Å². The second kappa shape index (κ2) is 4.97. The Morgan fingerprint density at radius 1 is 1.42 bits per heavy atom. The molecule has 0 atom stereocenters. The number of nitrogens with zero attached hydrogens (tertiary/aromatic N) is 3. The maximum absolute atomic E-state index is 11.7. The molecule has 0 aliphatic rings. The van der Waals surface area contributed by atoms with Crippen molar-refractivity contribution in [2.24, 2.45) is 0 Å². The quantitative estimate of drug-likeness (QED) is 0.886. The Labute approximate surface area is 109 Å². The topological polar surface area (TPSA) is 88.6 Å². The summed E-state index contributed by atoms with van der Waals surface area (Å²) in [5.41, 5.74) is 0.393. The fourth-order valence-electron chi connectivity index (χ4n) is 1.59. The fourth-order valence-corrected chi connectivity index (χ4v) is 1.59. The fraction of sp³-hybridized carbons (Fsp3) is 0.250. The van der Waals surface area contributed by atoms with E-state index in [0.29, 0.717) is 11.5 Å². The predicted octanol–water partition coefficient (Wildman–Crippen LogP) is 0.924. The highest BCUT2D eigenvalue weighted by atomic mass is 16.4. The SMILES string of the molecule is CN(C)C(=O)c1ccn(Cc2occc2C(=O)O)n1. The minimum Gasteiger partial charge on any atom is -0.478 e. The van der Waals surface area contributed by atoms with Gasteiger partial charge in [-0.2, -0.15) is 5.10 Å². The van der Waals surface area contributed by atoms with Crippen molar-refractivity contribution in [2.45, 2.75) is 6.54 Å². The molecule has 0 aromatic carbocycles. The van der Waals surface area contributed by atoms with Gasteiger partial charge in [0.2, 0.25) is 0 Å². The van der Waals surface area contributed by atoms with Crippen molar-refractivity contribution in [1.82, 2.24) is 14.7 Å². The van der Waals surface area contributed by atoms with E-state index in [1.54, 1.807) is 26.4 Å². The van der Waals surface area contributed by atoms with E-state index in [-0.39, 0.29) is 18.0 Å². The third kappa shape index (κ3) is 2.65. The number of carboxylic acids is 1. The van der Waals surface area contributed by atoms with Gasteiger partial charge >= 0.3 is 5.97 Å². The molecule has 0 spiro atoms. The van der Waals surface area contributed by atoms with Gasteiger partial charge in [0, 0.05) is 20.3 Å². The van der Waals surface area contributed by atoms with E-state index < -0.39 is 5.97 Å². The van der Waals surface area contributed by atoms with E-state index in [2.05, 4.69) is 5.10 Å². The summed E-state index contributed by atoms with van der Waals surface area (Å²) in [5.74, 6) is -0.975. The molecule has 0 aliphatic heterocycles. The van der Waals surface area contributed by atoms with Gasteiger partial charge in [0.05, 0.1) is 12.8 Å². The monoisotopic (exact) mass is 263 g/mol. The minimum atomic E-state index is -1.06. The Morgan fingerprint density at radius 3 is 2.79 bits per heavy atom. The molecule has 7 nitrogen and oxygen atoms in total. The van der Waals surface area contributed by atoms with Gasteiger partial charge < -0.3 is 14.4 Å². The Morgan fingerprint density at radius 2 is 2.16 bits per heavy atom. The lowest BCUT2D eigenvalue weighted by Crippen LogP contribution is -2.22. The zero-order chi connectivity index (χ0) is 14.0. The molecule has 2 aromatic rings. The minimum absolute atomic E-state index is 0.0935. The van der Waals surface area contributed by atoms with Crippen LogP contribution in [0.2, 0.25) is 0 Å². The van der Waals surface area contributed by atoms with Crippen LogP contribution in [0.1, 0.15) is 26.6 Å². The highest BCUT2D eigenvalue weighted by Gasteiger charge is 2.16. The van der Waals surface area contributed by atoms with Crippen molar-refractivity contribution in [3.8, 4) is 0 Å². The number of aromatic nitrogens is 2. The van der Waals surface area contributed by atoms with E-state index in [9.17, 15) is 9.59 Å². The maximum Gasteiger partial charge on any atom is 0.339 e. The summed E-state index contributed by atoms with van der Waals surface area (Å²) in [6.45, 7) is 0.162. The first-order valence-corrected chi connectivity index (χ1v) is 5.54. The number of carboxylic acid groups (broad SMARTS) is 1. The first-order valence-electron chi connectivity index (χ1n) is 5.54. The van der Waals surface area contributed by atoms with E-state index in [1.807, 2.05) is 0 Å². The molecule has 0 unspecified atom stereocenters. The van der Waals surface area contributed by atoms with Crippen LogP contribution in [0.4, 0.5) is 0 Å². The lowest BCUT2D eigenvalue weighted by molar-refractivity contribution is 0.0693. The van der Waals surface area contributed by atoms with Crippen LogP contribution in [0, 0.1) is 0 Å². The van der Waals surface area contributed by atoms with Gasteiger partial charge in [-0.3, -0.25) is 9.48 Å². The first-order chi connectivity index (χ1) is 8.99. The van der Waals surface area contributed by atoms with Gasteiger partial charge in [-0.15, -0.1) is 0 Å². The van der Waals surface area contributed by atoms with Crippen LogP contribution in [-0.4, -0.2) is 45.8 Å². The van der Waals surface area contributed by atoms with Crippen LogP contribution in [0.15, 0.2) is 29.0 Å². The van der Waals surface area contributed by atoms with Crippen molar-refractivity contribution >= 4 is 11.9 Å². The molecule has 0 fully saturated rings. The maximum atomic E-state index is 11.7. The van der Waals surface area contributed by atoms with Crippen molar-refractivity contribution < 1.29 is 19.1 Å². The van der Waals surface area contributed by atoms with Gasteiger partial charge in [0.1, 0.15) is 17.0 Å². The molecule has 19 heavy (non-hydrogen) atoms. The van der Waals surface area contributed by atoms with Crippen molar-refractivity contribution in [2.75, 3.05) is 14.1 Å². The first kappa shape index (κ1) is 12.9. The molecule has 0 saturated heterocycles. The molecule has 2 rings (SSSR count). The molecule has 7 heteroatoms. The third-order valence-corrected chi connectivity index (χ3v) is 2.55. The van der Waals surface area contributed by atoms with E-state index in [1.165, 1.54) is 21.9 Å². The van der Waals surface area contributed by atoms with Crippen molar-refractivity contribution in [1.29, 1.82) is 0 Å². The lowest BCUT2D eigenvalue weighted by atomic mass is 10.2. The van der Waals surface area contributed by atoms with Gasteiger partial charge in [-0.25, -0.2) is 4.79 Å². The average molecular weight is 263 g/mol. The smallest absolute Gasteiger partial charge is 0.339 e. The van der Waals surface area contributed by atoms with Crippen molar-refractivity contribution in [3.05, 3.63) is 41.6 Å². The van der Waals surface area contributed by atoms with Crippen LogP contribution in [0.5, 0.6) is 0 Å². The second-order valence-corrected chi connectivity index (χ2v) is 4.16. The molecule has 1 N–H and O–H groups in total. The molecule has 0 aliphatic carbocycles. The zero-order valence-electron chi connectivity index (χ0n) is 10.5. The number of amides is 1. The molecular formula is C12H13N3O4. The van der Waals surface area contributed by atoms with Crippen LogP contribution in [0.25, 0.3) is 0 Å². The Bertz CT molecular complexity index is 612. The summed E-state index contributed by atoms with van der Waals surface area (Å²) < 4.78 is 6.57. The molecule has 0 saturated carbocycles. The Kier molecular flexibility index (Phi) is 3.37. The molecule has 1 amide bonds. The van der Waals surface area contributed by atoms with Gasteiger partial charge in [-0.1, -0.05) is 0 Å². The number of carbonyl (C=O) groups excluding carboxylic acids is 1. The summed E-state index contributed by atoms with van der Waals surface area (Å²) >= 11 is 0. The summed E-state index contributed by atoms with van der Waals surface area (Å²) in [4.78, 5) is 24.0. The van der Waals surface area contributed by atoms with Crippen LogP contribution >= 0.6 is 0 Å². The van der Waals surface area contributed by atoms with Crippen LogP contribution < -0.4 is 0 Å². The third-order valence-electron chi connectivity index (χ3n) is 2.55. The van der Waals surface area contributed by atoms with E-state index in [0.717, 1.165) is 0 Å². The summed E-state index contributed by atoms with van der Waals surface area (Å²) in [6, 6.07) is 2.96. The standard InChI is InChI=1S/C12H13N3O4/c1-14(2)11(16)9-3-5-15(13-9)7-10-8(12(17)18)4-6-19-10/h3-6H,7H2,1-2H3,(H,17,18). The van der Waals surface area contributed by atoms with Gasteiger partial charge in [-0.05, 0) is 12.1 Å². The predicted molar refractivity (Wildman–Crippen MR) is 65.0 cm³/mol. The number of furan rings is 1. The molecule has 0 radical (unpaired) electrons. The summed E-state index contributed by atoms with van der Waals surface area (Å²) in [6.07, 6.45) is 2.92. The molecular weight excluding hydrogens is 250 g/mol. The summed E-state index contributed by atoms with van der Waals surface area (Å²) in [7, 11) is 3.27. The van der Waals surface area contributed by atoms with Gasteiger partial charge in [0.15, 0.2) is 0 Å². The van der Waals surface area contributed by atoms with E-state index in [4.69, 9.17) is 9.52 Å².